The highest BCUT2D eigenvalue weighted by Gasteiger charge is 2.33. The van der Waals surface area contributed by atoms with Crippen LogP contribution >= 0.6 is 15.9 Å². The van der Waals surface area contributed by atoms with E-state index >= 15 is 0 Å². The van der Waals surface area contributed by atoms with Crippen LogP contribution in [0.25, 0.3) is 0 Å². The summed E-state index contributed by atoms with van der Waals surface area (Å²) in [5.41, 5.74) is 7.79. The SMILES string of the molecule is CCC(N)C(c1cccc(Br)c1)N1CCC(C(C)C)C1. The number of likely N-dealkylation sites (tertiary alicyclic amines) is 1. The minimum absolute atomic E-state index is 0.204. The van der Waals surface area contributed by atoms with Gasteiger partial charge in [0.2, 0.25) is 0 Å². The van der Waals surface area contributed by atoms with Crippen LogP contribution in [0.4, 0.5) is 0 Å². The summed E-state index contributed by atoms with van der Waals surface area (Å²) in [6.07, 6.45) is 2.32. The van der Waals surface area contributed by atoms with Crippen molar-refractivity contribution in [2.24, 2.45) is 17.6 Å². The molecule has 1 saturated heterocycles. The average molecular weight is 339 g/mol. The fourth-order valence-corrected chi connectivity index (χ4v) is 3.67. The zero-order valence-corrected chi connectivity index (χ0v) is 14.4. The van der Waals surface area contributed by atoms with Crippen molar-refractivity contribution in [2.45, 2.75) is 45.7 Å². The fraction of sp³-hybridized carbons (Fsp3) is 0.647. The molecule has 1 heterocycles. The predicted octanol–water partition coefficient (Wildman–Crippen LogP) is 4.21. The molecule has 0 aliphatic carbocycles. The monoisotopic (exact) mass is 338 g/mol. The lowest BCUT2D eigenvalue weighted by atomic mass is 9.94. The first-order valence-electron chi connectivity index (χ1n) is 7.78. The van der Waals surface area contributed by atoms with Gasteiger partial charge in [-0.2, -0.15) is 0 Å². The number of nitrogens with zero attached hydrogens (tertiary/aromatic N) is 1. The lowest BCUT2D eigenvalue weighted by Crippen LogP contribution is -2.40. The summed E-state index contributed by atoms with van der Waals surface area (Å²) in [7, 11) is 0. The number of benzene rings is 1. The third-order valence-corrected chi connectivity index (χ3v) is 5.15. The van der Waals surface area contributed by atoms with Crippen molar-refractivity contribution in [3.8, 4) is 0 Å². The van der Waals surface area contributed by atoms with Crippen molar-refractivity contribution in [1.82, 2.24) is 4.90 Å². The van der Waals surface area contributed by atoms with Crippen LogP contribution in [0.3, 0.4) is 0 Å². The quantitative estimate of drug-likeness (QED) is 0.871. The molecule has 1 aromatic carbocycles. The second-order valence-corrected chi connectivity index (χ2v) is 7.28. The van der Waals surface area contributed by atoms with Crippen LogP contribution in [0.1, 0.15) is 45.2 Å². The first kappa shape index (κ1) is 16.0. The van der Waals surface area contributed by atoms with E-state index in [0.717, 1.165) is 22.7 Å². The standard InChI is InChI=1S/C17H27BrN2/c1-4-16(19)17(13-6-5-7-15(18)10-13)20-9-8-14(11-20)12(2)3/h5-7,10,12,14,16-17H,4,8-9,11,19H2,1-3H3. The largest absolute Gasteiger partial charge is 0.326 e. The highest BCUT2D eigenvalue weighted by atomic mass is 79.9. The molecule has 0 saturated carbocycles. The molecule has 0 radical (unpaired) electrons. The Labute approximate surface area is 131 Å². The molecule has 3 unspecified atom stereocenters. The summed E-state index contributed by atoms with van der Waals surface area (Å²) in [5, 5.41) is 0. The van der Waals surface area contributed by atoms with Gasteiger partial charge in [-0.05, 0) is 48.9 Å². The smallest absolute Gasteiger partial charge is 0.0499 e. The number of hydrogen-bond acceptors (Lipinski definition) is 2. The topological polar surface area (TPSA) is 29.3 Å². The maximum atomic E-state index is 6.44. The summed E-state index contributed by atoms with van der Waals surface area (Å²) in [5.74, 6) is 1.58. The molecule has 1 aliphatic heterocycles. The van der Waals surface area contributed by atoms with Gasteiger partial charge in [-0.3, -0.25) is 4.90 Å². The van der Waals surface area contributed by atoms with Gasteiger partial charge in [0.05, 0.1) is 0 Å². The van der Waals surface area contributed by atoms with Gasteiger partial charge >= 0.3 is 0 Å². The molecule has 0 spiro atoms. The van der Waals surface area contributed by atoms with Gasteiger partial charge < -0.3 is 5.73 Å². The van der Waals surface area contributed by atoms with Crippen molar-refractivity contribution >= 4 is 15.9 Å². The van der Waals surface area contributed by atoms with Crippen LogP contribution in [-0.2, 0) is 0 Å². The van der Waals surface area contributed by atoms with E-state index in [-0.39, 0.29) is 6.04 Å². The molecule has 20 heavy (non-hydrogen) atoms. The Morgan fingerprint density at radius 3 is 2.70 bits per heavy atom. The maximum Gasteiger partial charge on any atom is 0.0499 e. The Kier molecular flexibility index (Phi) is 5.65. The summed E-state index contributed by atoms with van der Waals surface area (Å²) in [6.45, 7) is 9.21. The van der Waals surface area contributed by atoms with Crippen LogP contribution in [-0.4, -0.2) is 24.0 Å². The van der Waals surface area contributed by atoms with E-state index in [4.69, 9.17) is 5.73 Å². The van der Waals surface area contributed by atoms with Crippen LogP contribution < -0.4 is 5.73 Å². The summed E-state index contributed by atoms with van der Waals surface area (Å²) >= 11 is 3.59. The van der Waals surface area contributed by atoms with Gasteiger partial charge in [-0.15, -0.1) is 0 Å². The van der Waals surface area contributed by atoms with E-state index in [1.54, 1.807) is 0 Å². The number of rotatable bonds is 5. The van der Waals surface area contributed by atoms with Crippen molar-refractivity contribution in [3.05, 3.63) is 34.3 Å². The van der Waals surface area contributed by atoms with Crippen molar-refractivity contribution < 1.29 is 0 Å². The van der Waals surface area contributed by atoms with Gasteiger partial charge in [0.15, 0.2) is 0 Å². The van der Waals surface area contributed by atoms with E-state index in [1.807, 2.05) is 0 Å². The average Bonchev–Trinajstić information content (AvgIpc) is 2.88. The van der Waals surface area contributed by atoms with Crippen molar-refractivity contribution in [1.29, 1.82) is 0 Å². The number of hydrogen-bond donors (Lipinski definition) is 1. The lowest BCUT2D eigenvalue weighted by molar-refractivity contribution is 0.195. The molecule has 1 fully saturated rings. The third kappa shape index (κ3) is 3.63. The third-order valence-electron chi connectivity index (χ3n) is 4.66. The number of halogens is 1. The lowest BCUT2D eigenvalue weighted by Gasteiger charge is -2.33. The molecule has 0 amide bonds. The Morgan fingerprint density at radius 2 is 2.15 bits per heavy atom. The summed E-state index contributed by atoms with van der Waals surface area (Å²) < 4.78 is 1.14. The van der Waals surface area contributed by atoms with Gasteiger partial charge in [-0.1, -0.05) is 48.8 Å². The molecular weight excluding hydrogens is 312 g/mol. The van der Waals surface area contributed by atoms with Crippen LogP contribution in [0.5, 0.6) is 0 Å². The molecule has 2 rings (SSSR count). The second-order valence-electron chi connectivity index (χ2n) is 6.36. The predicted molar refractivity (Wildman–Crippen MR) is 89.7 cm³/mol. The number of nitrogens with two attached hydrogens (primary N) is 1. The maximum absolute atomic E-state index is 6.44. The normalized spacial score (nSPS) is 23.2. The highest BCUT2D eigenvalue weighted by Crippen LogP contribution is 2.34. The minimum Gasteiger partial charge on any atom is -0.326 e. The minimum atomic E-state index is 0.204. The van der Waals surface area contributed by atoms with E-state index in [9.17, 15) is 0 Å². The Morgan fingerprint density at radius 1 is 1.40 bits per heavy atom. The van der Waals surface area contributed by atoms with Crippen LogP contribution in [0.2, 0.25) is 0 Å². The van der Waals surface area contributed by atoms with Gasteiger partial charge in [0, 0.05) is 23.1 Å². The molecule has 2 nitrogen and oxygen atoms in total. The highest BCUT2D eigenvalue weighted by molar-refractivity contribution is 9.10. The van der Waals surface area contributed by atoms with E-state index < -0.39 is 0 Å². The summed E-state index contributed by atoms with van der Waals surface area (Å²) in [4.78, 5) is 2.60. The molecule has 3 heteroatoms. The van der Waals surface area contributed by atoms with Crippen LogP contribution in [0.15, 0.2) is 28.7 Å². The zero-order chi connectivity index (χ0) is 14.7. The fourth-order valence-electron chi connectivity index (χ4n) is 3.25. The van der Waals surface area contributed by atoms with Crippen molar-refractivity contribution in [3.63, 3.8) is 0 Å². The van der Waals surface area contributed by atoms with Gasteiger partial charge in [0.1, 0.15) is 0 Å². The molecule has 0 bridgehead atoms. The second kappa shape index (κ2) is 7.06. The molecule has 1 aromatic rings. The first-order chi connectivity index (χ1) is 9.52. The molecule has 112 valence electrons. The Hall–Kier alpha value is -0.380. The van der Waals surface area contributed by atoms with E-state index in [1.165, 1.54) is 25.1 Å². The molecule has 2 N–H and O–H groups in total. The summed E-state index contributed by atoms with van der Waals surface area (Å²) in [6, 6.07) is 9.19. The van der Waals surface area contributed by atoms with Crippen molar-refractivity contribution in [2.75, 3.05) is 13.1 Å². The first-order valence-corrected chi connectivity index (χ1v) is 8.57. The van der Waals surface area contributed by atoms with Gasteiger partial charge in [-0.25, -0.2) is 0 Å². The van der Waals surface area contributed by atoms with Gasteiger partial charge in [0.25, 0.3) is 0 Å². The Bertz CT molecular complexity index is 433. The zero-order valence-electron chi connectivity index (χ0n) is 12.8. The Balaban J connectivity index is 2.21. The molecular formula is C17H27BrN2. The molecule has 0 aromatic heterocycles. The van der Waals surface area contributed by atoms with E-state index in [2.05, 4.69) is 65.9 Å². The van der Waals surface area contributed by atoms with Crippen LogP contribution in [0, 0.1) is 11.8 Å². The molecule has 3 atom stereocenters. The van der Waals surface area contributed by atoms with E-state index in [0.29, 0.717) is 6.04 Å². The molecule has 1 aliphatic rings.